The third-order valence-corrected chi connectivity index (χ3v) is 4.02. The van der Waals surface area contributed by atoms with Crippen LogP contribution in [-0.4, -0.2) is 34.0 Å². The number of thiocarbonyl (C=S) groups is 1. The SMILES string of the molecule is CCOc1cc(/C=C2/SC(=S)NC2=O)ccc1OC(C)C(=O)O. The van der Waals surface area contributed by atoms with Crippen molar-refractivity contribution in [2.75, 3.05) is 6.61 Å². The van der Waals surface area contributed by atoms with Gasteiger partial charge in [-0.3, -0.25) is 4.79 Å². The predicted octanol–water partition coefficient (Wildman–Crippen LogP) is 2.43. The number of ether oxygens (including phenoxy) is 2. The molecule has 0 aromatic heterocycles. The third kappa shape index (κ3) is 4.46. The number of carboxylic acids is 1. The van der Waals surface area contributed by atoms with Gasteiger partial charge in [-0.25, -0.2) is 4.79 Å². The summed E-state index contributed by atoms with van der Waals surface area (Å²) in [5.74, 6) is -0.548. The molecule has 1 fully saturated rings. The molecule has 122 valence electrons. The number of carbonyl (C=O) groups is 2. The van der Waals surface area contributed by atoms with E-state index in [1.807, 2.05) is 6.92 Å². The molecule has 0 radical (unpaired) electrons. The minimum absolute atomic E-state index is 0.238. The van der Waals surface area contributed by atoms with E-state index in [1.54, 1.807) is 24.3 Å². The van der Waals surface area contributed by atoms with Gasteiger partial charge in [-0.15, -0.1) is 0 Å². The predicted molar refractivity (Wildman–Crippen MR) is 91.6 cm³/mol. The van der Waals surface area contributed by atoms with Crippen LogP contribution < -0.4 is 14.8 Å². The summed E-state index contributed by atoms with van der Waals surface area (Å²) in [7, 11) is 0. The highest BCUT2D eigenvalue weighted by atomic mass is 32.2. The fourth-order valence-electron chi connectivity index (χ4n) is 1.79. The Balaban J connectivity index is 2.28. The normalized spacial score (nSPS) is 17.0. The zero-order chi connectivity index (χ0) is 17.0. The maximum Gasteiger partial charge on any atom is 0.344 e. The summed E-state index contributed by atoms with van der Waals surface area (Å²) in [4.78, 5) is 23.1. The first-order valence-electron chi connectivity index (χ1n) is 6.82. The van der Waals surface area contributed by atoms with Crippen molar-refractivity contribution in [2.45, 2.75) is 20.0 Å². The Labute approximate surface area is 142 Å². The zero-order valence-corrected chi connectivity index (χ0v) is 14.1. The second-order valence-corrected chi connectivity index (χ2v) is 6.31. The molecule has 1 unspecified atom stereocenters. The first-order chi connectivity index (χ1) is 10.9. The highest BCUT2D eigenvalue weighted by Crippen LogP contribution is 2.32. The van der Waals surface area contributed by atoms with Crippen LogP contribution in [0, 0.1) is 0 Å². The lowest BCUT2D eigenvalue weighted by Gasteiger charge is -2.15. The molecule has 6 nitrogen and oxygen atoms in total. The number of carbonyl (C=O) groups excluding carboxylic acids is 1. The lowest BCUT2D eigenvalue weighted by atomic mass is 10.2. The van der Waals surface area contributed by atoms with Crippen molar-refractivity contribution < 1.29 is 24.2 Å². The fraction of sp³-hybridized carbons (Fsp3) is 0.267. The molecule has 0 bridgehead atoms. The van der Waals surface area contributed by atoms with Gasteiger partial charge >= 0.3 is 5.97 Å². The Kier molecular flexibility index (Phi) is 5.62. The maximum absolute atomic E-state index is 11.7. The van der Waals surface area contributed by atoms with Crippen molar-refractivity contribution in [2.24, 2.45) is 0 Å². The van der Waals surface area contributed by atoms with E-state index in [9.17, 15) is 9.59 Å². The molecule has 1 amide bonds. The number of aliphatic carboxylic acids is 1. The van der Waals surface area contributed by atoms with E-state index in [4.69, 9.17) is 26.8 Å². The van der Waals surface area contributed by atoms with Crippen molar-refractivity contribution in [3.05, 3.63) is 28.7 Å². The lowest BCUT2D eigenvalue weighted by Crippen LogP contribution is -2.23. The fourth-order valence-corrected chi connectivity index (χ4v) is 2.84. The molecule has 0 spiro atoms. The summed E-state index contributed by atoms with van der Waals surface area (Å²) in [5, 5.41) is 11.5. The topological polar surface area (TPSA) is 84.9 Å². The number of benzene rings is 1. The number of carboxylic acid groups (broad SMARTS) is 1. The van der Waals surface area contributed by atoms with Crippen molar-refractivity contribution in [1.29, 1.82) is 0 Å². The van der Waals surface area contributed by atoms with Gasteiger partial charge in [0.25, 0.3) is 5.91 Å². The Hall–Kier alpha value is -2.06. The van der Waals surface area contributed by atoms with Crippen LogP contribution in [0.1, 0.15) is 19.4 Å². The van der Waals surface area contributed by atoms with E-state index in [2.05, 4.69) is 5.32 Å². The largest absolute Gasteiger partial charge is 0.490 e. The van der Waals surface area contributed by atoms with Crippen LogP contribution >= 0.6 is 24.0 Å². The van der Waals surface area contributed by atoms with Gasteiger partial charge in [0.2, 0.25) is 0 Å². The first kappa shape index (κ1) is 17.3. The summed E-state index contributed by atoms with van der Waals surface area (Å²) in [6.45, 7) is 3.65. The zero-order valence-electron chi connectivity index (χ0n) is 12.5. The van der Waals surface area contributed by atoms with Gasteiger partial charge in [0.1, 0.15) is 4.32 Å². The van der Waals surface area contributed by atoms with Crippen LogP contribution in [0.25, 0.3) is 6.08 Å². The molecule has 1 saturated heterocycles. The number of rotatable bonds is 6. The molecular formula is C15H15NO5S2. The Morgan fingerprint density at radius 3 is 2.78 bits per heavy atom. The lowest BCUT2D eigenvalue weighted by molar-refractivity contribution is -0.144. The summed E-state index contributed by atoms with van der Waals surface area (Å²) in [6.07, 6.45) is 0.693. The molecule has 2 rings (SSSR count). The van der Waals surface area contributed by atoms with Gasteiger partial charge in [0, 0.05) is 0 Å². The summed E-state index contributed by atoms with van der Waals surface area (Å²) >= 11 is 6.13. The summed E-state index contributed by atoms with van der Waals surface area (Å²) in [5.41, 5.74) is 0.728. The smallest absolute Gasteiger partial charge is 0.344 e. The van der Waals surface area contributed by atoms with E-state index < -0.39 is 12.1 Å². The number of hydrogen-bond acceptors (Lipinski definition) is 6. The molecule has 1 atom stereocenters. The third-order valence-electron chi connectivity index (χ3n) is 2.86. The van der Waals surface area contributed by atoms with Gasteiger partial charge in [-0.05, 0) is 37.6 Å². The van der Waals surface area contributed by atoms with Crippen LogP contribution in [0.3, 0.4) is 0 Å². The molecular weight excluding hydrogens is 338 g/mol. The quantitative estimate of drug-likeness (QED) is 0.600. The van der Waals surface area contributed by atoms with Gasteiger partial charge < -0.3 is 19.9 Å². The van der Waals surface area contributed by atoms with E-state index in [1.165, 1.54) is 18.7 Å². The Bertz CT molecular complexity index is 686. The first-order valence-corrected chi connectivity index (χ1v) is 8.04. The van der Waals surface area contributed by atoms with E-state index in [0.29, 0.717) is 27.3 Å². The second-order valence-electron chi connectivity index (χ2n) is 4.59. The average molecular weight is 353 g/mol. The van der Waals surface area contributed by atoms with E-state index in [-0.39, 0.29) is 5.91 Å². The number of nitrogens with one attached hydrogen (secondary N) is 1. The Morgan fingerprint density at radius 2 is 2.22 bits per heavy atom. The summed E-state index contributed by atoms with van der Waals surface area (Å²) < 4.78 is 11.3. The molecule has 1 aromatic carbocycles. The van der Waals surface area contributed by atoms with E-state index >= 15 is 0 Å². The maximum atomic E-state index is 11.7. The Morgan fingerprint density at radius 1 is 1.48 bits per heavy atom. The van der Waals surface area contributed by atoms with Crippen molar-refractivity contribution in [1.82, 2.24) is 5.32 Å². The van der Waals surface area contributed by atoms with Crippen molar-refractivity contribution in [3.8, 4) is 11.5 Å². The number of thioether (sulfide) groups is 1. The van der Waals surface area contributed by atoms with Crippen molar-refractivity contribution >= 4 is 46.3 Å². The average Bonchev–Trinajstić information content (AvgIpc) is 2.79. The molecule has 0 saturated carbocycles. The molecule has 1 aliphatic heterocycles. The molecule has 0 aliphatic carbocycles. The molecule has 2 N–H and O–H groups in total. The van der Waals surface area contributed by atoms with Gasteiger partial charge in [0.05, 0.1) is 11.5 Å². The van der Waals surface area contributed by atoms with Crippen LogP contribution in [-0.2, 0) is 9.59 Å². The highest BCUT2D eigenvalue weighted by Gasteiger charge is 2.22. The summed E-state index contributed by atoms with van der Waals surface area (Å²) in [6, 6.07) is 5.02. The van der Waals surface area contributed by atoms with Crippen LogP contribution in [0.2, 0.25) is 0 Å². The second kappa shape index (κ2) is 7.47. The standard InChI is InChI=1S/C15H15NO5S2/c1-3-20-11-6-9(7-12-13(17)16-15(22)23-12)4-5-10(11)21-8(2)14(18)19/h4-8H,3H2,1-2H3,(H,18,19)(H,16,17,22)/b12-7+. The van der Waals surface area contributed by atoms with Gasteiger partial charge in [0.15, 0.2) is 17.6 Å². The number of amides is 1. The van der Waals surface area contributed by atoms with Crippen LogP contribution in [0.4, 0.5) is 0 Å². The van der Waals surface area contributed by atoms with Crippen LogP contribution in [0.15, 0.2) is 23.1 Å². The van der Waals surface area contributed by atoms with Crippen LogP contribution in [0.5, 0.6) is 11.5 Å². The molecule has 8 heteroatoms. The minimum Gasteiger partial charge on any atom is -0.490 e. The molecule has 1 aliphatic rings. The minimum atomic E-state index is -1.06. The van der Waals surface area contributed by atoms with E-state index in [0.717, 1.165) is 5.56 Å². The molecule has 1 aromatic rings. The molecule has 23 heavy (non-hydrogen) atoms. The van der Waals surface area contributed by atoms with Gasteiger partial charge in [-0.1, -0.05) is 30.0 Å². The van der Waals surface area contributed by atoms with Gasteiger partial charge in [-0.2, -0.15) is 0 Å². The molecule has 1 heterocycles. The number of hydrogen-bond donors (Lipinski definition) is 2. The van der Waals surface area contributed by atoms with Crippen molar-refractivity contribution in [3.63, 3.8) is 0 Å². The monoisotopic (exact) mass is 353 g/mol. The highest BCUT2D eigenvalue weighted by molar-refractivity contribution is 8.26.